The van der Waals surface area contributed by atoms with Gasteiger partial charge in [0.2, 0.25) is 11.8 Å². The second-order valence-electron chi connectivity index (χ2n) is 8.20. The summed E-state index contributed by atoms with van der Waals surface area (Å²) < 4.78 is 13.2. The zero-order valence-corrected chi connectivity index (χ0v) is 18.0. The minimum Gasteiger partial charge on any atom is -0.373 e. The number of benzene rings is 1. The molecule has 2 amide bonds. The quantitative estimate of drug-likeness (QED) is 0.815. The van der Waals surface area contributed by atoms with Crippen LogP contribution in [0.2, 0.25) is 0 Å². The number of fused-ring (bicyclic) bond motifs is 1. The number of likely N-dealkylation sites (tertiary alicyclic amines) is 1. The monoisotopic (exact) mass is 425 g/mol. The summed E-state index contributed by atoms with van der Waals surface area (Å²) in [4.78, 5) is 38.2. The molecule has 2 aliphatic heterocycles. The van der Waals surface area contributed by atoms with E-state index in [-0.39, 0.29) is 30.1 Å². The average molecular weight is 426 g/mol. The van der Waals surface area contributed by atoms with Crippen molar-refractivity contribution < 1.29 is 14.0 Å². The lowest BCUT2D eigenvalue weighted by Crippen LogP contribution is -2.41. The van der Waals surface area contributed by atoms with Gasteiger partial charge in [-0.2, -0.15) is 0 Å². The van der Waals surface area contributed by atoms with Gasteiger partial charge in [-0.25, -0.2) is 14.4 Å². The molecule has 1 N–H and O–H groups in total. The van der Waals surface area contributed by atoms with Crippen LogP contribution in [0.25, 0.3) is 0 Å². The van der Waals surface area contributed by atoms with Crippen LogP contribution in [-0.4, -0.2) is 51.7 Å². The summed E-state index contributed by atoms with van der Waals surface area (Å²) in [5.74, 6) is 1.12. The minimum atomic E-state index is -0.308. The Hall–Kier alpha value is -3.03. The van der Waals surface area contributed by atoms with Gasteiger partial charge in [0, 0.05) is 39.0 Å². The molecule has 1 fully saturated rings. The summed E-state index contributed by atoms with van der Waals surface area (Å²) in [6.45, 7) is 3.38. The predicted octanol–water partition coefficient (Wildman–Crippen LogP) is 2.86. The summed E-state index contributed by atoms with van der Waals surface area (Å²) in [7, 11) is 1.82. The topological polar surface area (TPSA) is 78.4 Å². The van der Waals surface area contributed by atoms with Crippen molar-refractivity contribution in [2.75, 3.05) is 25.5 Å². The summed E-state index contributed by atoms with van der Waals surface area (Å²) in [6.07, 6.45) is 3.68. The van der Waals surface area contributed by atoms with Crippen LogP contribution >= 0.6 is 0 Å². The van der Waals surface area contributed by atoms with Gasteiger partial charge in [0.1, 0.15) is 11.6 Å². The van der Waals surface area contributed by atoms with Crippen LogP contribution in [0.3, 0.4) is 0 Å². The van der Waals surface area contributed by atoms with Gasteiger partial charge in [0.25, 0.3) is 0 Å². The van der Waals surface area contributed by atoms with Gasteiger partial charge in [0.05, 0.1) is 24.7 Å². The Bertz CT molecular complexity index is 961. The van der Waals surface area contributed by atoms with Crippen LogP contribution in [0, 0.1) is 5.82 Å². The first kappa shape index (κ1) is 21.2. The van der Waals surface area contributed by atoms with Gasteiger partial charge < -0.3 is 15.1 Å². The largest absolute Gasteiger partial charge is 0.373 e. The Labute approximate surface area is 181 Å². The predicted molar refractivity (Wildman–Crippen MR) is 115 cm³/mol. The third-order valence-corrected chi connectivity index (χ3v) is 6.15. The molecule has 2 aromatic rings. The zero-order valence-electron chi connectivity index (χ0n) is 18.0. The molecule has 7 nitrogen and oxygen atoms in total. The molecule has 8 heteroatoms. The number of nitrogens with one attached hydrogen (secondary N) is 1. The molecule has 2 aliphatic rings. The molecule has 1 aromatic carbocycles. The summed E-state index contributed by atoms with van der Waals surface area (Å²) in [6, 6.07) is 5.90. The number of amides is 2. The number of piperidine rings is 1. The normalized spacial score (nSPS) is 18.5. The minimum absolute atomic E-state index is 0.00592. The number of carbonyl (C=O) groups excluding carboxylic acids is 2. The van der Waals surface area contributed by atoms with Crippen LogP contribution in [-0.2, 0) is 29.0 Å². The van der Waals surface area contributed by atoms with Crippen molar-refractivity contribution in [2.45, 2.75) is 51.6 Å². The highest BCUT2D eigenvalue weighted by molar-refractivity contribution is 5.79. The van der Waals surface area contributed by atoms with Crippen LogP contribution in [0.15, 0.2) is 24.3 Å². The molecule has 31 heavy (non-hydrogen) atoms. The maximum atomic E-state index is 13.2. The van der Waals surface area contributed by atoms with Crippen molar-refractivity contribution in [1.29, 1.82) is 0 Å². The third-order valence-electron chi connectivity index (χ3n) is 6.15. The second-order valence-corrected chi connectivity index (χ2v) is 8.20. The number of nitrogens with zero attached hydrogens (tertiary/aromatic N) is 4. The van der Waals surface area contributed by atoms with E-state index in [1.165, 1.54) is 12.1 Å². The van der Waals surface area contributed by atoms with Crippen LogP contribution in [0.5, 0.6) is 0 Å². The number of anilines is 1. The van der Waals surface area contributed by atoms with E-state index in [9.17, 15) is 14.0 Å². The van der Waals surface area contributed by atoms with Crippen LogP contribution in [0.1, 0.15) is 54.9 Å². The summed E-state index contributed by atoms with van der Waals surface area (Å²) >= 11 is 0. The number of rotatable bonds is 4. The molecular weight excluding hydrogens is 397 g/mol. The Kier molecular flexibility index (Phi) is 6.15. The molecule has 0 saturated carbocycles. The molecule has 0 spiro atoms. The van der Waals surface area contributed by atoms with E-state index in [0.29, 0.717) is 31.9 Å². The third kappa shape index (κ3) is 4.52. The van der Waals surface area contributed by atoms with E-state index in [1.54, 1.807) is 24.0 Å². The lowest BCUT2D eigenvalue weighted by Gasteiger charge is -2.36. The van der Waals surface area contributed by atoms with Gasteiger partial charge >= 0.3 is 0 Å². The molecule has 0 radical (unpaired) electrons. The summed E-state index contributed by atoms with van der Waals surface area (Å²) in [5.41, 5.74) is 2.69. The van der Waals surface area contributed by atoms with Crippen LogP contribution < -0.4 is 5.32 Å². The molecule has 4 rings (SSSR count). The molecular formula is C23H28FN5O2. The van der Waals surface area contributed by atoms with Crippen LogP contribution in [0.4, 0.5) is 10.2 Å². The smallest absolute Gasteiger partial charge is 0.227 e. The number of halogens is 1. The molecule has 1 atom stereocenters. The van der Waals surface area contributed by atoms with E-state index in [0.717, 1.165) is 41.9 Å². The van der Waals surface area contributed by atoms with Crippen molar-refractivity contribution in [3.8, 4) is 0 Å². The van der Waals surface area contributed by atoms with Crippen molar-refractivity contribution in [1.82, 2.24) is 19.8 Å². The van der Waals surface area contributed by atoms with E-state index < -0.39 is 0 Å². The number of aromatic nitrogens is 2. The van der Waals surface area contributed by atoms with Crippen molar-refractivity contribution in [3.63, 3.8) is 0 Å². The standard InChI is InChI=1S/C23H28FN5O2/c1-15(30)28-12-10-19-18(14-28)22(25-2)27-23(26-19)20-5-3-4-11-29(20)21(31)13-16-6-8-17(24)9-7-16/h6-9,20H,3-5,10-14H2,1-2H3,(H,25,26,27)/t20-/m0/s1. The number of hydrogen-bond donors (Lipinski definition) is 1. The molecule has 164 valence electrons. The molecule has 1 saturated heterocycles. The van der Waals surface area contributed by atoms with E-state index in [2.05, 4.69) is 5.32 Å². The Morgan fingerprint density at radius 2 is 1.94 bits per heavy atom. The van der Waals surface area contributed by atoms with Crippen molar-refractivity contribution >= 4 is 17.6 Å². The fourth-order valence-corrected chi connectivity index (χ4v) is 4.43. The molecule has 0 unspecified atom stereocenters. The van der Waals surface area contributed by atoms with E-state index in [4.69, 9.17) is 9.97 Å². The molecule has 1 aromatic heterocycles. The van der Waals surface area contributed by atoms with Gasteiger partial charge in [-0.15, -0.1) is 0 Å². The number of hydrogen-bond acceptors (Lipinski definition) is 5. The highest BCUT2D eigenvalue weighted by Crippen LogP contribution is 2.32. The maximum absolute atomic E-state index is 13.2. The Balaban J connectivity index is 1.60. The fourth-order valence-electron chi connectivity index (χ4n) is 4.43. The highest BCUT2D eigenvalue weighted by Gasteiger charge is 2.32. The average Bonchev–Trinajstić information content (AvgIpc) is 2.79. The van der Waals surface area contributed by atoms with Gasteiger partial charge in [0.15, 0.2) is 5.82 Å². The second kappa shape index (κ2) is 8.99. The van der Waals surface area contributed by atoms with E-state index >= 15 is 0 Å². The lowest BCUT2D eigenvalue weighted by molar-refractivity contribution is -0.134. The first-order valence-corrected chi connectivity index (χ1v) is 10.8. The zero-order chi connectivity index (χ0) is 22.0. The summed E-state index contributed by atoms with van der Waals surface area (Å²) in [5, 5.41) is 3.16. The first-order valence-electron chi connectivity index (χ1n) is 10.8. The van der Waals surface area contributed by atoms with Crippen molar-refractivity contribution in [3.05, 3.63) is 52.7 Å². The molecule has 0 bridgehead atoms. The maximum Gasteiger partial charge on any atom is 0.227 e. The van der Waals surface area contributed by atoms with Gasteiger partial charge in [-0.05, 0) is 37.0 Å². The lowest BCUT2D eigenvalue weighted by atomic mass is 9.99. The Morgan fingerprint density at radius 1 is 1.16 bits per heavy atom. The SMILES string of the molecule is CNc1nc([C@@H]2CCCCN2C(=O)Cc2ccc(F)cc2)nc2c1CN(C(C)=O)CC2. The molecule has 0 aliphatic carbocycles. The van der Waals surface area contributed by atoms with Gasteiger partial charge in [-0.3, -0.25) is 9.59 Å². The fraction of sp³-hybridized carbons (Fsp3) is 0.478. The van der Waals surface area contributed by atoms with Gasteiger partial charge in [-0.1, -0.05) is 12.1 Å². The number of carbonyl (C=O) groups is 2. The highest BCUT2D eigenvalue weighted by atomic mass is 19.1. The van der Waals surface area contributed by atoms with E-state index in [1.807, 2.05) is 11.9 Å². The first-order chi connectivity index (χ1) is 15.0. The molecule has 3 heterocycles. The van der Waals surface area contributed by atoms with Crippen molar-refractivity contribution in [2.24, 2.45) is 0 Å². The Morgan fingerprint density at radius 3 is 2.65 bits per heavy atom.